The number of rotatable bonds is 4. The van der Waals surface area contributed by atoms with E-state index in [9.17, 15) is 9.18 Å². The monoisotopic (exact) mass is 218 g/mol. The second kappa shape index (κ2) is 8.70. The lowest BCUT2D eigenvalue weighted by Gasteiger charge is -2.02. The standard InChI is InChI=1S/C9H10ClFO.C2H6/c1-4-9(10)8(7(3)11)5-6(2)12;1-2/h4H,1,3,5H2,2H3;1-2H3/b9-8+;. The Morgan fingerprint density at radius 3 is 2.14 bits per heavy atom. The third-order valence-electron chi connectivity index (χ3n) is 1.22. The molecule has 0 heterocycles. The molecule has 0 spiro atoms. The second-order valence-electron chi connectivity index (χ2n) is 2.31. The lowest BCUT2D eigenvalue weighted by Crippen LogP contribution is -1.95. The van der Waals surface area contributed by atoms with E-state index in [1.165, 1.54) is 13.0 Å². The zero-order valence-electron chi connectivity index (χ0n) is 8.86. The fraction of sp³-hybridized carbons (Fsp3) is 0.364. The first kappa shape index (κ1) is 15.6. The van der Waals surface area contributed by atoms with Crippen LogP contribution in [0.5, 0.6) is 0 Å². The number of carbonyl (C=O) groups is 1. The van der Waals surface area contributed by atoms with E-state index in [1.807, 2.05) is 13.8 Å². The molecular formula is C11H16ClFO. The highest BCUT2D eigenvalue weighted by Gasteiger charge is 2.08. The fourth-order valence-corrected chi connectivity index (χ4v) is 0.851. The summed E-state index contributed by atoms with van der Waals surface area (Å²) in [5.41, 5.74) is 0.110. The van der Waals surface area contributed by atoms with Gasteiger partial charge in [-0.3, -0.25) is 4.79 Å². The van der Waals surface area contributed by atoms with Gasteiger partial charge in [0.1, 0.15) is 11.6 Å². The molecule has 0 aliphatic rings. The summed E-state index contributed by atoms with van der Waals surface area (Å²) >= 11 is 5.58. The second-order valence-corrected chi connectivity index (χ2v) is 2.72. The van der Waals surface area contributed by atoms with Crippen LogP contribution in [0, 0.1) is 0 Å². The lowest BCUT2D eigenvalue weighted by molar-refractivity contribution is -0.116. The van der Waals surface area contributed by atoms with Crippen molar-refractivity contribution in [3.05, 3.63) is 35.7 Å². The molecule has 0 N–H and O–H groups in total. The zero-order valence-corrected chi connectivity index (χ0v) is 9.62. The summed E-state index contributed by atoms with van der Waals surface area (Å²) in [6.07, 6.45) is 1.24. The molecule has 0 bridgehead atoms. The van der Waals surface area contributed by atoms with Crippen LogP contribution in [0.4, 0.5) is 4.39 Å². The van der Waals surface area contributed by atoms with Gasteiger partial charge in [-0.1, -0.05) is 44.7 Å². The Morgan fingerprint density at radius 2 is 1.93 bits per heavy atom. The van der Waals surface area contributed by atoms with Gasteiger partial charge in [-0.05, 0) is 6.92 Å². The summed E-state index contributed by atoms with van der Waals surface area (Å²) in [5, 5.41) is 0.137. The molecule has 80 valence electrons. The summed E-state index contributed by atoms with van der Waals surface area (Å²) in [6.45, 7) is 11.8. The molecule has 1 nitrogen and oxygen atoms in total. The number of Topliss-reactive ketones (excluding diaryl/α,β-unsaturated/α-hetero) is 1. The molecule has 0 aliphatic carbocycles. The molecule has 0 saturated heterocycles. The Morgan fingerprint density at radius 1 is 1.50 bits per heavy atom. The van der Waals surface area contributed by atoms with Crippen LogP contribution < -0.4 is 0 Å². The van der Waals surface area contributed by atoms with Crippen molar-refractivity contribution in [2.75, 3.05) is 0 Å². The molecule has 0 fully saturated rings. The average molecular weight is 219 g/mol. The number of carbonyl (C=O) groups excluding carboxylic acids is 1. The van der Waals surface area contributed by atoms with Crippen LogP contribution in [0.3, 0.4) is 0 Å². The maximum Gasteiger partial charge on any atom is 0.134 e. The van der Waals surface area contributed by atoms with Gasteiger partial charge < -0.3 is 0 Å². The van der Waals surface area contributed by atoms with Crippen molar-refractivity contribution in [3.63, 3.8) is 0 Å². The van der Waals surface area contributed by atoms with Gasteiger partial charge in [-0.15, -0.1) is 0 Å². The molecule has 14 heavy (non-hydrogen) atoms. The largest absolute Gasteiger partial charge is 0.300 e. The van der Waals surface area contributed by atoms with Gasteiger partial charge in [0.2, 0.25) is 0 Å². The van der Waals surface area contributed by atoms with E-state index in [0.29, 0.717) is 0 Å². The molecule has 0 aliphatic heterocycles. The third-order valence-corrected chi connectivity index (χ3v) is 1.60. The zero-order chi connectivity index (χ0) is 11.7. The van der Waals surface area contributed by atoms with E-state index in [2.05, 4.69) is 13.2 Å². The molecule has 0 aromatic rings. The van der Waals surface area contributed by atoms with E-state index in [4.69, 9.17) is 11.6 Å². The Kier molecular flexibility index (Phi) is 9.68. The molecule has 0 amide bonds. The highest BCUT2D eigenvalue weighted by molar-refractivity contribution is 6.31. The number of halogens is 2. The Bertz CT molecular complexity index is 254. The minimum absolute atomic E-state index is 0.0415. The Hall–Kier alpha value is -0.890. The quantitative estimate of drug-likeness (QED) is 0.648. The highest BCUT2D eigenvalue weighted by Crippen LogP contribution is 2.22. The van der Waals surface area contributed by atoms with Crippen LogP contribution in [0.15, 0.2) is 35.7 Å². The van der Waals surface area contributed by atoms with Crippen molar-refractivity contribution < 1.29 is 9.18 Å². The van der Waals surface area contributed by atoms with E-state index in [0.717, 1.165) is 0 Å². The predicted molar refractivity (Wildman–Crippen MR) is 60.0 cm³/mol. The van der Waals surface area contributed by atoms with E-state index in [1.54, 1.807) is 0 Å². The molecule has 0 aromatic carbocycles. The van der Waals surface area contributed by atoms with Crippen LogP contribution >= 0.6 is 11.6 Å². The van der Waals surface area contributed by atoms with Crippen molar-refractivity contribution in [3.8, 4) is 0 Å². The summed E-state index contributed by atoms with van der Waals surface area (Å²) in [7, 11) is 0. The molecule has 0 atom stereocenters. The third kappa shape index (κ3) is 6.61. The number of ketones is 1. The van der Waals surface area contributed by atoms with E-state index in [-0.39, 0.29) is 22.8 Å². The average Bonchev–Trinajstić information content (AvgIpc) is 2.15. The smallest absolute Gasteiger partial charge is 0.134 e. The minimum Gasteiger partial charge on any atom is -0.300 e. The molecular weight excluding hydrogens is 203 g/mol. The van der Waals surface area contributed by atoms with Gasteiger partial charge in [-0.25, -0.2) is 4.39 Å². The number of hydrogen-bond acceptors (Lipinski definition) is 1. The molecule has 3 heteroatoms. The highest BCUT2D eigenvalue weighted by atomic mass is 35.5. The number of hydrogen-bond donors (Lipinski definition) is 0. The SMILES string of the molecule is C=C/C(Cl)=C(/CC(C)=O)C(=C)F.CC. The van der Waals surface area contributed by atoms with E-state index < -0.39 is 5.83 Å². The number of allylic oxidation sites excluding steroid dienone is 4. The van der Waals surface area contributed by atoms with Crippen LogP contribution in [-0.4, -0.2) is 5.78 Å². The molecule has 0 unspecified atom stereocenters. The summed E-state index contributed by atoms with van der Waals surface area (Å²) in [6, 6.07) is 0. The summed E-state index contributed by atoms with van der Waals surface area (Å²) in [4.78, 5) is 10.6. The van der Waals surface area contributed by atoms with Crippen LogP contribution in [-0.2, 0) is 4.79 Å². The van der Waals surface area contributed by atoms with Gasteiger partial charge in [0.05, 0.1) is 0 Å². The van der Waals surface area contributed by atoms with Gasteiger partial charge in [0.15, 0.2) is 0 Å². The van der Waals surface area contributed by atoms with Crippen molar-refractivity contribution in [1.29, 1.82) is 0 Å². The first-order valence-electron chi connectivity index (χ1n) is 4.34. The topological polar surface area (TPSA) is 17.1 Å². The first-order valence-corrected chi connectivity index (χ1v) is 4.72. The first-order chi connectivity index (χ1) is 6.49. The summed E-state index contributed by atoms with van der Waals surface area (Å²) in [5.74, 6) is -0.848. The Balaban J connectivity index is 0. The maximum atomic E-state index is 12.6. The van der Waals surface area contributed by atoms with Gasteiger partial charge in [0, 0.05) is 17.0 Å². The molecule has 0 aromatic heterocycles. The van der Waals surface area contributed by atoms with Gasteiger partial charge in [0.25, 0.3) is 0 Å². The Labute approximate surface area is 90.0 Å². The molecule has 0 saturated carbocycles. The van der Waals surface area contributed by atoms with Crippen molar-refractivity contribution in [2.24, 2.45) is 0 Å². The normalized spacial score (nSPS) is 10.6. The van der Waals surface area contributed by atoms with Crippen molar-refractivity contribution >= 4 is 17.4 Å². The molecule has 0 radical (unpaired) electrons. The molecule has 0 rings (SSSR count). The fourth-order valence-electron chi connectivity index (χ4n) is 0.682. The van der Waals surface area contributed by atoms with Gasteiger partial charge >= 0.3 is 0 Å². The van der Waals surface area contributed by atoms with Crippen molar-refractivity contribution in [1.82, 2.24) is 0 Å². The summed E-state index contributed by atoms with van der Waals surface area (Å²) < 4.78 is 12.6. The van der Waals surface area contributed by atoms with Crippen LogP contribution in [0.1, 0.15) is 27.2 Å². The van der Waals surface area contributed by atoms with E-state index >= 15 is 0 Å². The maximum absolute atomic E-state index is 12.6. The van der Waals surface area contributed by atoms with Crippen LogP contribution in [0.25, 0.3) is 0 Å². The predicted octanol–water partition coefficient (Wildman–Crippen LogP) is 4.15. The van der Waals surface area contributed by atoms with Crippen molar-refractivity contribution in [2.45, 2.75) is 27.2 Å². The van der Waals surface area contributed by atoms with Gasteiger partial charge in [-0.2, -0.15) is 0 Å². The minimum atomic E-state index is -0.685. The van der Waals surface area contributed by atoms with Crippen LogP contribution in [0.2, 0.25) is 0 Å². The lowest BCUT2D eigenvalue weighted by atomic mass is 10.1.